The molecule has 4 aromatic carbocycles. The highest BCUT2D eigenvalue weighted by molar-refractivity contribution is 6.68. The molecule has 5 rings (SSSR count). The molecular formula is C28H21B7O2. The zero-order valence-electron chi connectivity index (χ0n) is 21.6. The third kappa shape index (κ3) is 4.06. The molecule has 9 heteroatoms. The third-order valence-corrected chi connectivity index (χ3v) is 7.75. The molecular weight excluding hydrogens is 444 g/mol. The van der Waals surface area contributed by atoms with Gasteiger partial charge in [-0.25, -0.2) is 0 Å². The van der Waals surface area contributed by atoms with Crippen LogP contribution in [0.1, 0.15) is 27.7 Å². The fourth-order valence-corrected chi connectivity index (χ4v) is 4.91. The lowest BCUT2D eigenvalue weighted by atomic mass is 9.60. The lowest BCUT2D eigenvalue weighted by molar-refractivity contribution is 0.00578. The summed E-state index contributed by atoms with van der Waals surface area (Å²) in [6.45, 7) is 8.06. The van der Waals surface area contributed by atoms with Crippen molar-refractivity contribution < 1.29 is 9.31 Å². The van der Waals surface area contributed by atoms with Gasteiger partial charge in [0.2, 0.25) is 0 Å². The van der Waals surface area contributed by atoms with Crippen molar-refractivity contribution >= 4 is 103 Å². The summed E-state index contributed by atoms with van der Waals surface area (Å²) in [5.41, 5.74) is 4.54. The van der Waals surface area contributed by atoms with Crippen molar-refractivity contribution in [1.82, 2.24) is 0 Å². The van der Waals surface area contributed by atoms with Gasteiger partial charge in [-0.1, -0.05) is 76.4 Å². The molecule has 2 nitrogen and oxygen atoms in total. The Morgan fingerprint density at radius 3 is 1.51 bits per heavy atom. The van der Waals surface area contributed by atoms with Crippen molar-refractivity contribution in [1.29, 1.82) is 0 Å². The quantitative estimate of drug-likeness (QED) is 0.371. The van der Waals surface area contributed by atoms with Crippen molar-refractivity contribution in [2.75, 3.05) is 0 Å². The summed E-state index contributed by atoms with van der Waals surface area (Å²) in [7, 11) is 38.7. The fourth-order valence-electron chi connectivity index (χ4n) is 4.91. The Morgan fingerprint density at radius 1 is 0.541 bits per heavy atom. The van der Waals surface area contributed by atoms with Gasteiger partial charge in [-0.15, -0.1) is 10.9 Å². The first-order valence-electron chi connectivity index (χ1n) is 12.1. The van der Waals surface area contributed by atoms with Crippen LogP contribution in [0.15, 0.2) is 54.6 Å². The Morgan fingerprint density at radius 2 is 1.00 bits per heavy atom. The van der Waals surface area contributed by atoms with Gasteiger partial charge in [-0.2, -0.15) is 0 Å². The van der Waals surface area contributed by atoms with Crippen LogP contribution in [-0.2, 0) is 9.31 Å². The summed E-state index contributed by atoms with van der Waals surface area (Å²) < 4.78 is 12.6. The van der Waals surface area contributed by atoms with E-state index in [1.165, 1.54) is 0 Å². The second kappa shape index (κ2) is 9.07. The monoisotopic (exact) mass is 466 g/mol. The normalized spacial score (nSPS) is 16.4. The summed E-state index contributed by atoms with van der Waals surface area (Å²) in [5.74, 6) is 0. The minimum absolute atomic E-state index is 0.254. The molecule has 1 fully saturated rings. The zero-order chi connectivity index (χ0) is 26.9. The average molecular weight is 465 g/mol. The van der Waals surface area contributed by atoms with E-state index in [0.717, 1.165) is 16.6 Å². The molecule has 12 radical (unpaired) electrons. The summed E-state index contributed by atoms with van der Waals surface area (Å²) in [5, 5.41) is 1.21. The molecule has 1 aliphatic heterocycles. The van der Waals surface area contributed by atoms with E-state index in [1.54, 1.807) is 0 Å². The molecule has 166 valence electrons. The van der Waals surface area contributed by atoms with Gasteiger partial charge in [0.15, 0.2) is 0 Å². The minimum Gasteiger partial charge on any atom is -0.399 e. The topological polar surface area (TPSA) is 18.5 Å². The van der Waals surface area contributed by atoms with Crippen LogP contribution >= 0.6 is 0 Å². The minimum atomic E-state index is -0.554. The van der Waals surface area contributed by atoms with Crippen LogP contribution in [0, 0.1) is 0 Å². The number of fused-ring (bicyclic) bond motifs is 1. The second-order valence-corrected chi connectivity index (χ2v) is 10.6. The first-order chi connectivity index (χ1) is 17.4. The Bertz CT molecular complexity index is 1530. The van der Waals surface area contributed by atoms with E-state index < -0.39 is 18.3 Å². The van der Waals surface area contributed by atoms with Crippen LogP contribution < -0.4 is 38.2 Å². The van der Waals surface area contributed by atoms with Crippen molar-refractivity contribution in [3.8, 4) is 22.3 Å². The van der Waals surface area contributed by atoms with Gasteiger partial charge in [-0.05, 0) is 66.2 Å². The predicted octanol–water partition coefficient (Wildman–Crippen LogP) is -0.764. The largest absolute Gasteiger partial charge is 0.494 e. The molecule has 37 heavy (non-hydrogen) atoms. The molecule has 0 N–H and O–H groups in total. The summed E-state index contributed by atoms with van der Waals surface area (Å²) in [4.78, 5) is 0. The number of hydrogen-bond acceptors (Lipinski definition) is 2. The molecule has 0 saturated carbocycles. The van der Waals surface area contributed by atoms with E-state index in [2.05, 4.69) is 0 Å². The fraction of sp³-hybridized carbons (Fsp3) is 0.214. The first kappa shape index (κ1) is 26.1. The Kier molecular flexibility index (Phi) is 6.40. The zero-order valence-corrected chi connectivity index (χ0v) is 21.6. The van der Waals surface area contributed by atoms with Crippen molar-refractivity contribution in [3.63, 3.8) is 0 Å². The smallest absolute Gasteiger partial charge is 0.399 e. The van der Waals surface area contributed by atoms with E-state index in [-0.39, 0.29) is 10.9 Å². The molecule has 0 aromatic heterocycles. The van der Waals surface area contributed by atoms with Crippen LogP contribution in [0.4, 0.5) is 0 Å². The molecule has 1 heterocycles. The van der Waals surface area contributed by atoms with Gasteiger partial charge in [0.25, 0.3) is 0 Å². The summed E-state index contributed by atoms with van der Waals surface area (Å²) in [6.07, 6.45) is 0. The lowest BCUT2D eigenvalue weighted by Gasteiger charge is -2.32. The van der Waals surface area contributed by atoms with Crippen LogP contribution in [0.25, 0.3) is 33.0 Å². The van der Waals surface area contributed by atoms with Crippen molar-refractivity contribution in [2.45, 2.75) is 38.9 Å². The maximum Gasteiger partial charge on any atom is 0.494 e. The van der Waals surface area contributed by atoms with Crippen molar-refractivity contribution in [3.05, 3.63) is 54.6 Å². The average Bonchev–Trinajstić information content (AvgIpc) is 3.09. The number of hydrogen-bond donors (Lipinski definition) is 0. The van der Waals surface area contributed by atoms with Crippen LogP contribution in [-0.4, -0.2) is 65.4 Å². The standard InChI is InChI=1S/C28H21B7O2/c1-27(2)28(3,4)37-35(36-27)16-12-8-11-15(13-16)18-20-19(23(31)26(34)22(18)30)17(14-9-6-5-7-10-14)21(29)25(33)24(20)32/h5-13H,1-4H3. The highest BCUT2D eigenvalue weighted by Gasteiger charge is 2.51. The Balaban J connectivity index is 1.82. The number of rotatable bonds is 3. The van der Waals surface area contributed by atoms with E-state index in [4.69, 9.17) is 56.4 Å². The van der Waals surface area contributed by atoms with Crippen molar-refractivity contribution in [2.24, 2.45) is 0 Å². The maximum absolute atomic E-state index is 6.62. The van der Waals surface area contributed by atoms with Crippen LogP contribution in [0.3, 0.4) is 0 Å². The second-order valence-electron chi connectivity index (χ2n) is 10.6. The van der Waals surface area contributed by atoms with E-state index in [1.807, 2.05) is 82.3 Å². The molecule has 1 aliphatic rings. The molecule has 0 atom stereocenters. The maximum atomic E-state index is 6.62. The van der Waals surface area contributed by atoms with Crippen LogP contribution in [0.5, 0.6) is 0 Å². The lowest BCUT2D eigenvalue weighted by Crippen LogP contribution is -2.47. The SMILES string of the molecule is [B]c1c([B])c(-c2cccc(B3OC(C)(C)C(C)(C)O3)c2)c2c([B])c([B])c([B])c(-c3ccccc3)c2c1[B]. The Hall–Kier alpha value is -2.49. The van der Waals surface area contributed by atoms with Gasteiger partial charge >= 0.3 is 7.12 Å². The first-order valence-corrected chi connectivity index (χ1v) is 12.1. The highest BCUT2D eigenvalue weighted by atomic mass is 16.7. The van der Waals surface area contributed by atoms with E-state index in [9.17, 15) is 0 Å². The molecule has 0 aliphatic carbocycles. The summed E-state index contributed by atoms with van der Waals surface area (Å²) in [6, 6.07) is 17.4. The molecule has 0 bridgehead atoms. The van der Waals surface area contributed by atoms with Crippen LogP contribution in [0.2, 0.25) is 0 Å². The Labute approximate surface area is 227 Å². The van der Waals surface area contributed by atoms with Gasteiger partial charge in [0.1, 0.15) is 47.1 Å². The molecule has 4 aromatic rings. The van der Waals surface area contributed by atoms with Gasteiger partial charge < -0.3 is 9.31 Å². The number of benzene rings is 4. The van der Waals surface area contributed by atoms with E-state index in [0.29, 0.717) is 43.8 Å². The predicted molar refractivity (Wildman–Crippen MR) is 163 cm³/mol. The van der Waals surface area contributed by atoms with Gasteiger partial charge in [0, 0.05) is 0 Å². The molecule has 0 spiro atoms. The highest BCUT2D eigenvalue weighted by Crippen LogP contribution is 2.37. The molecule has 0 amide bonds. The third-order valence-electron chi connectivity index (χ3n) is 7.75. The molecule has 1 saturated heterocycles. The van der Waals surface area contributed by atoms with Gasteiger partial charge in [0.05, 0.1) is 11.2 Å². The van der Waals surface area contributed by atoms with Gasteiger partial charge in [-0.3, -0.25) is 0 Å². The van der Waals surface area contributed by atoms with E-state index >= 15 is 0 Å². The molecule has 0 unspecified atom stereocenters. The summed E-state index contributed by atoms with van der Waals surface area (Å²) >= 11 is 0.